The van der Waals surface area contributed by atoms with E-state index < -0.39 is 5.25 Å². The number of nitrogens with one attached hydrogen (secondary N) is 1. The van der Waals surface area contributed by atoms with Crippen molar-refractivity contribution in [3.8, 4) is 0 Å². The van der Waals surface area contributed by atoms with E-state index in [9.17, 15) is 14.4 Å². The first-order chi connectivity index (χ1) is 15.5. The maximum atomic E-state index is 13.2. The summed E-state index contributed by atoms with van der Waals surface area (Å²) >= 11 is 1.28. The number of hydrogen-bond acceptors (Lipinski definition) is 5. The maximum Gasteiger partial charge on any atom is 0.247 e. The molecule has 4 rings (SSSR count). The van der Waals surface area contributed by atoms with Crippen molar-refractivity contribution in [2.75, 3.05) is 10.2 Å². The molecule has 0 radical (unpaired) electrons. The number of para-hydroxylation sites is 2. The Morgan fingerprint density at radius 2 is 1.56 bits per heavy atom. The fourth-order valence-corrected chi connectivity index (χ4v) is 4.42. The molecular weight excluding hydrogens is 422 g/mol. The van der Waals surface area contributed by atoms with Gasteiger partial charge in [-0.25, -0.2) is 4.99 Å². The largest absolute Gasteiger partial charge is 0.326 e. The second kappa shape index (κ2) is 9.62. The number of amidine groups is 1. The van der Waals surface area contributed by atoms with Gasteiger partial charge in [0, 0.05) is 17.7 Å². The first kappa shape index (κ1) is 21.5. The number of thioether (sulfide) groups is 1. The van der Waals surface area contributed by atoms with E-state index in [1.807, 2.05) is 60.7 Å². The molecule has 7 heteroatoms. The molecule has 1 N–H and O–H groups in total. The van der Waals surface area contributed by atoms with Gasteiger partial charge in [-0.05, 0) is 55.5 Å². The number of anilines is 2. The summed E-state index contributed by atoms with van der Waals surface area (Å²) in [6.07, 6.45) is 0.00903. The Kier molecular flexibility index (Phi) is 6.47. The van der Waals surface area contributed by atoms with Gasteiger partial charge in [0.2, 0.25) is 11.8 Å². The van der Waals surface area contributed by atoms with E-state index in [4.69, 9.17) is 0 Å². The third kappa shape index (κ3) is 4.95. The van der Waals surface area contributed by atoms with Crippen molar-refractivity contribution in [1.29, 1.82) is 0 Å². The highest BCUT2D eigenvalue weighted by Crippen LogP contribution is 2.35. The van der Waals surface area contributed by atoms with Gasteiger partial charge in [-0.1, -0.05) is 48.2 Å². The van der Waals surface area contributed by atoms with Gasteiger partial charge >= 0.3 is 0 Å². The summed E-state index contributed by atoms with van der Waals surface area (Å²) in [7, 11) is 0. The highest BCUT2D eigenvalue weighted by atomic mass is 32.2. The molecule has 1 aliphatic rings. The number of nitrogens with zero attached hydrogens (tertiary/aromatic N) is 2. The van der Waals surface area contributed by atoms with E-state index >= 15 is 0 Å². The van der Waals surface area contributed by atoms with Crippen LogP contribution in [0.15, 0.2) is 89.9 Å². The molecule has 1 heterocycles. The minimum absolute atomic E-state index is 0.00903. The number of aliphatic imine (C=N–C) groups is 1. The van der Waals surface area contributed by atoms with Crippen LogP contribution in [0.1, 0.15) is 23.7 Å². The first-order valence-corrected chi connectivity index (χ1v) is 11.0. The normalized spacial score (nSPS) is 16.9. The number of amides is 2. The lowest BCUT2D eigenvalue weighted by Crippen LogP contribution is -2.33. The number of carbonyl (C=O) groups is 3. The Morgan fingerprint density at radius 1 is 0.938 bits per heavy atom. The van der Waals surface area contributed by atoms with Crippen LogP contribution in [0.2, 0.25) is 0 Å². The van der Waals surface area contributed by atoms with Crippen molar-refractivity contribution >= 4 is 51.6 Å². The summed E-state index contributed by atoms with van der Waals surface area (Å²) in [6.45, 7) is 1.49. The third-order valence-electron chi connectivity index (χ3n) is 4.88. The van der Waals surface area contributed by atoms with Gasteiger partial charge < -0.3 is 5.32 Å². The molecule has 2 amide bonds. The molecule has 3 aromatic carbocycles. The quantitative estimate of drug-likeness (QED) is 0.541. The van der Waals surface area contributed by atoms with Crippen LogP contribution in [0.5, 0.6) is 0 Å². The van der Waals surface area contributed by atoms with E-state index in [1.165, 1.54) is 18.7 Å². The molecule has 32 heavy (non-hydrogen) atoms. The maximum absolute atomic E-state index is 13.2. The molecule has 0 spiro atoms. The second-order valence-corrected chi connectivity index (χ2v) is 8.40. The molecule has 1 atom stereocenters. The SMILES string of the molecule is CC(=O)c1ccc(NC(=O)C[C@@H]2SC(=Nc3ccccc3)N(c3ccccc3)C2=O)cc1. The molecule has 3 aromatic rings. The highest BCUT2D eigenvalue weighted by Gasteiger charge is 2.40. The zero-order valence-electron chi connectivity index (χ0n) is 17.4. The molecular formula is C25H21N3O3S. The molecule has 0 unspecified atom stereocenters. The van der Waals surface area contributed by atoms with E-state index in [2.05, 4.69) is 10.3 Å². The monoisotopic (exact) mass is 443 g/mol. The Balaban J connectivity index is 1.52. The predicted octanol–water partition coefficient (Wildman–Crippen LogP) is 5.05. The minimum Gasteiger partial charge on any atom is -0.326 e. The van der Waals surface area contributed by atoms with Crippen molar-refractivity contribution in [2.45, 2.75) is 18.6 Å². The van der Waals surface area contributed by atoms with Gasteiger partial charge in [0.1, 0.15) is 5.25 Å². The number of hydrogen-bond donors (Lipinski definition) is 1. The van der Waals surface area contributed by atoms with Crippen molar-refractivity contribution in [2.24, 2.45) is 4.99 Å². The molecule has 1 saturated heterocycles. The van der Waals surface area contributed by atoms with Crippen molar-refractivity contribution in [3.05, 3.63) is 90.5 Å². The zero-order valence-corrected chi connectivity index (χ0v) is 18.2. The summed E-state index contributed by atoms with van der Waals surface area (Å²) in [5, 5.41) is 2.75. The van der Waals surface area contributed by atoms with Crippen LogP contribution in [0.3, 0.4) is 0 Å². The summed E-state index contributed by atoms with van der Waals surface area (Å²) in [5.74, 6) is -0.500. The van der Waals surface area contributed by atoms with Gasteiger partial charge in [0.15, 0.2) is 11.0 Å². The van der Waals surface area contributed by atoms with E-state index in [0.29, 0.717) is 22.1 Å². The number of ketones is 1. The van der Waals surface area contributed by atoms with Crippen LogP contribution < -0.4 is 10.2 Å². The van der Waals surface area contributed by atoms with Gasteiger partial charge in [-0.3, -0.25) is 19.3 Å². The fourth-order valence-electron chi connectivity index (χ4n) is 3.27. The summed E-state index contributed by atoms with van der Waals surface area (Å²) < 4.78 is 0. The van der Waals surface area contributed by atoms with Crippen LogP contribution in [0, 0.1) is 0 Å². The molecule has 0 aliphatic carbocycles. The minimum atomic E-state index is -0.589. The van der Waals surface area contributed by atoms with Crippen molar-refractivity contribution < 1.29 is 14.4 Å². The zero-order chi connectivity index (χ0) is 22.5. The average Bonchev–Trinajstić information content (AvgIpc) is 3.09. The Labute approximate surface area is 190 Å². The number of rotatable bonds is 6. The lowest BCUT2D eigenvalue weighted by molar-refractivity contribution is -0.121. The van der Waals surface area contributed by atoms with Crippen LogP contribution >= 0.6 is 11.8 Å². The van der Waals surface area contributed by atoms with Crippen LogP contribution in [-0.4, -0.2) is 28.0 Å². The van der Waals surface area contributed by atoms with Crippen molar-refractivity contribution in [3.63, 3.8) is 0 Å². The summed E-state index contributed by atoms with van der Waals surface area (Å²) in [6, 6.07) is 25.4. The smallest absolute Gasteiger partial charge is 0.247 e. The molecule has 0 bridgehead atoms. The number of Topliss-reactive ketones (excluding diaryl/α,β-unsaturated/α-hetero) is 1. The average molecular weight is 444 g/mol. The van der Waals surface area contributed by atoms with Crippen LogP contribution in [-0.2, 0) is 9.59 Å². The van der Waals surface area contributed by atoms with Gasteiger partial charge in [0.25, 0.3) is 0 Å². The molecule has 160 valence electrons. The Bertz CT molecular complexity index is 1160. The second-order valence-electron chi connectivity index (χ2n) is 7.23. The third-order valence-corrected chi connectivity index (χ3v) is 6.01. The molecule has 0 aromatic heterocycles. The highest BCUT2D eigenvalue weighted by molar-refractivity contribution is 8.16. The molecule has 6 nitrogen and oxygen atoms in total. The lowest BCUT2D eigenvalue weighted by atomic mass is 10.1. The van der Waals surface area contributed by atoms with Gasteiger partial charge in [-0.2, -0.15) is 0 Å². The molecule has 0 saturated carbocycles. The van der Waals surface area contributed by atoms with Crippen molar-refractivity contribution in [1.82, 2.24) is 0 Å². The number of carbonyl (C=O) groups excluding carboxylic acids is 3. The van der Waals surface area contributed by atoms with E-state index in [-0.39, 0.29) is 24.0 Å². The molecule has 1 aliphatic heterocycles. The first-order valence-electron chi connectivity index (χ1n) is 10.1. The predicted molar refractivity (Wildman–Crippen MR) is 129 cm³/mol. The topological polar surface area (TPSA) is 78.8 Å². The van der Waals surface area contributed by atoms with E-state index in [0.717, 1.165) is 5.69 Å². The Hall–Kier alpha value is -3.71. The fraction of sp³-hybridized carbons (Fsp3) is 0.120. The van der Waals surface area contributed by atoms with E-state index in [1.54, 1.807) is 29.2 Å². The number of benzene rings is 3. The summed E-state index contributed by atoms with van der Waals surface area (Å²) in [4.78, 5) is 43.5. The van der Waals surface area contributed by atoms with Gasteiger partial charge in [-0.15, -0.1) is 0 Å². The lowest BCUT2D eigenvalue weighted by Gasteiger charge is -2.16. The van der Waals surface area contributed by atoms with Crippen LogP contribution in [0.25, 0.3) is 0 Å². The Morgan fingerprint density at radius 3 is 2.19 bits per heavy atom. The summed E-state index contributed by atoms with van der Waals surface area (Å²) in [5.41, 5.74) is 2.60. The van der Waals surface area contributed by atoms with Crippen LogP contribution in [0.4, 0.5) is 17.1 Å². The van der Waals surface area contributed by atoms with Gasteiger partial charge in [0.05, 0.1) is 11.4 Å². The standard InChI is InChI=1S/C25H21N3O3S/c1-17(29)18-12-14-20(15-13-18)26-23(30)16-22-24(31)28(21-10-6-3-7-11-21)25(32-22)27-19-8-4-2-5-9-19/h2-15,22H,16H2,1H3,(H,26,30)/t22-/m0/s1. The molecule has 1 fully saturated rings.